The number of hydrogen-bond acceptors (Lipinski definition) is 4. The molecule has 0 aliphatic heterocycles. The van der Waals surface area contributed by atoms with Crippen LogP contribution in [0.1, 0.15) is 21.7 Å². The largest absolute Gasteiger partial charge is 0.508 e. The fraction of sp³-hybridized carbons (Fsp3) is 0.111. The van der Waals surface area contributed by atoms with Gasteiger partial charge in [-0.3, -0.25) is 9.59 Å². The van der Waals surface area contributed by atoms with Gasteiger partial charge in [-0.05, 0) is 51.8 Å². The number of aromatic nitrogens is 1. The highest BCUT2D eigenvalue weighted by Gasteiger charge is 2.19. The lowest BCUT2D eigenvalue weighted by molar-refractivity contribution is 0.0717. The smallest absolute Gasteiger partial charge is 0.262 e. The molecule has 3 aromatic rings. The lowest BCUT2D eigenvalue weighted by Crippen LogP contribution is -2.30. The van der Waals surface area contributed by atoms with Gasteiger partial charge in [0.25, 0.3) is 11.5 Å². The zero-order chi connectivity index (χ0) is 17.8. The lowest BCUT2D eigenvalue weighted by atomic mass is 10.1. The normalized spacial score (nSPS) is 10.6. The molecule has 0 fully saturated rings. The van der Waals surface area contributed by atoms with Crippen LogP contribution < -0.4 is 5.56 Å². The van der Waals surface area contributed by atoms with Crippen LogP contribution in [0.15, 0.2) is 68.6 Å². The second-order valence-corrected chi connectivity index (χ2v) is 6.33. The minimum Gasteiger partial charge on any atom is -0.508 e. The Kier molecular flexibility index (Phi) is 5.04. The molecule has 0 saturated heterocycles. The van der Waals surface area contributed by atoms with E-state index in [-0.39, 0.29) is 23.8 Å². The van der Waals surface area contributed by atoms with Crippen molar-refractivity contribution in [2.24, 2.45) is 0 Å². The molecule has 25 heavy (non-hydrogen) atoms. The summed E-state index contributed by atoms with van der Waals surface area (Å²) in [5.74, 6) is 0.564. The van der Waals surface area contributed by atoms with Gasteiger partial charge in [-0.25, -0.2) is 0 Å². The zero-order valence-electron chi connectivity index (χ0n) is 13.1. The summed E-state index contributed by atoms with van der Waals surface area (Å²) in [4.78, 5) is 28.5. The van der Waals surface area contributed by atoms with Crippen LogP contribution in [0.25, 0.3) is 0 Å². The maximum atomic E-state index is 12.9. The monoisotopic (exact) mass is 402 g/mol. The average Bonchev–Trinajstić information content (AvgIpc) is 3.11. The Hall–Kier alpha value is -2.80. The van der Waals surface area contributed by atoms with Crippen molar-refractivity contribution >= 4 is 21.8 Å². The summed E-state index contributed by atoms with van der Waals surface area (Å²) in [5, 5.41) is 9.41. The van der Waals surface area contributed by atoms with E-state index in [0.717, 1.165) is 5.56 Å². The van der Waals surface area contributed by atoms with Gasteiger partial charge < -0.3 is 19.4 Å². The van der Waals surface area contributed by atoms with Crippen molar-refractivity contribution in [3.8, 4) is 5.75 Å². The highest BCUT2D eigenvalue weighted by atomic mass is 79.9. The summed E-state index contributed by atoms with van der Waals surface area (Å²) in [6.45, 7) is 0.611. The number of aromatic amines is 1. The van der Waals surface area contributed by atoms with Gasteiger partial charge in [0, 0.05) is 12.7 Å². The molecule has 0 atom stereocenters. The number of phenols is 1. The quantitative estimate of drug-likeness (QED) is 0.685. The van der Waals surface area contributed by atoms with Crippen LogP contribution in [-0.4, -0.2) is 20.9 Å². The predicted molar refractivity (Wildman–Crippen MR) is 95.2 cm³/mol. The van der Waals surface area contributed by atoms with E-state index in [0.29, 0.717) is 22.3 Å². The second-order valence-electron chi connectivity index (χ2n) is 5.47. The predicted octanol–water partition coefficient (Wildman–Crippen LogP) is 3.28. The Bertz CT molecular complexity index is 917. The third kappa shape index (κ3) is 4.19. The topological polar surface area (TPSA) is 86.5 Å². The molecule has 7 heteroatoms. The van der Waals surface area contributed by atoms with E-state index in [4.69, 9.17) is 4.42 Å². The number of hydrogen-bond donors (Lipinski definition) is 2. The van der Waals surface area contributed by atoms with Crippen LogP contribution >= 0.6 is 15.9 Å². The first-order valence-electron chi connectivity index (χ1n) is 7.51. The van der Waals surface area contributed by atoms with Crippen molar-refractivity contribution < 1.29 is 14.3 Å². The summed E-state index contributed by atoms with van der Waals surface area (Å²) in [6, 6.07) is 11.7. The molecular formula is C18H15BrN2O4. The van der Waals surface area contributed by atoms with Gasteiger partial charge in [-0.1, -0.05) is 12.1 Å². The van der Waals surface area contributed by atoms with E-state index in [1.165, 1.54) is 12.3 Å². The van der Waals surface area contributed by atoms with Crippen LogP contribution in [0.2, 0.25) is 0 Å². The van der Waals surface area contributed by atoms with Crippen molar-refractivity contribution in [3.05, 3.63) is 86.6 Å². The Labute approximate surface area is 151 Å². The maximum absolute atomic E-state index is 12.9. The first kappa shape index (κ1) is 17.0. The van der Waals surface area contributed by atoms with Crippen molar-refractivity contribution in [2.75, 3.05) is 0 Å². The highest BCUT2D eigenvalue weighted by Crippen LogP contribution is 2.17. The molecule has 1 amide bonds. The molecule has 0 radical (unpaired) electrons. The number of carbonyl (C=O) groups excluding carboxylic acids is 1. The first-order valence-corrected chi connectivity index (χ1v) is 8.30. The minimum absolute atomic E-state index is 0.164. The lowest BCUT2D eigenvalue weighted by Gasteiger charge is -2.22. The Morgan fingerprint density at radius 3 is 2.60 bits per heavy atom. The van der Waals surface area contributed by atoms with Gasteiger partial charge in [-0.15, -0.1) is 0 Å². The second kappa shape index (κ2) is 7.40. The van der Waals surface area contributed by atoms with E-state index >= 15 is 0 Å². The molecule has 3 rings (SSSR count). The Morgan fingerprint density at radius 1 is 1.20 bits per heavy atom. The number of rotatable bonds is 5. The van der Waals surface area contributed by atoms with Crippen LogP contribution in [0.4, 0.5) is 0 Å². The molecule has 0 bridgehead atoms. The van der Waals surface area contributed by atoms with Crippen molar-refractivity contribution in [2.45, 2.75) is 13.1 Å². The molecule has 1 aromatic carbocycles. The van der Waals surface area contributed by atoms with Crippen LogP contribution in [0.3, 0.4) is 0 Å². The van der Waals surface area contributed by atoms with Gasteiger partial charge in [0.1, 0.15) is 11.5 Å². The summed E-state index contributed by atoms with van der Waals surface area (Å²) in [6.07, 6.45) is 2.94. The molecule has 2 aromatic heterocycles. The molecule has 0 saturated carbocycles. The van der Waals surface area contributed by atoms with E-state index in [1.807, 2.05) is 0 Å². The minimum atomic E-state index is -0.298. The number of nitrogens with one attached hydrogen (secondary N) is 1. The summed E-state index contributed by atoms with van der Waals surface area (Å²) in [5.41, 5.74) is 0.922. The Balaban J connectivity index is 1.88. The Morgan fingerprint density at radius 2 is 1.96 bits per heavy atom. The number of phenolic OH excluding ortho intramolecular Hbond substituents is 1. The van der Waals surface area contributed by atoms with Gasteiger partial charge in [0.15, 0.2) is 0 Å². The number of benzene rings is 1. The van der Waals surface area contributed by atoms with E-state index in [2.05, 4.69) is 20.9 Å². The molecule has 2 heterocycles. The number of H-pyrrole nitrogens is 1. The third-order valence-corrected chi connectivity index (χ3v) is 4.22. The molecule has 6 nitrogen and oxygen atoms in total. The summed E-state index contributed by atoms with van der Waals surface area (Å²) < 4.78 is 5.64. The molecule has 0 spiro atoms. The number of nitrogens with zero attached hydrogens (tertiary/aromatic N) is 1. The van der Waals surface area contributed by atoms with E-state index in [9.17, 15) is 14.7 Å². The number of carbonyl (C=O) groups is 1. The average molecular weight is 403 g/mol. The number of amides is 1. The van der Waals surface area contributed by atoms with Gasteiger partial charge in [-0.2, -0.15) is 0 Å². The van der Waals surface area contributed by atoms with Crippen molar-refractivity contribution in [3.63, 3.8) is 0 Å². The molecule has 0 aliphatic carbocycles. The van der Waals surface area contributed by atoms with Crippen molar-refractivity contribution in [1.29, 1.82) is 0 Å². The third-order valence-electron chi connectivity index (χ3n) is 3.63. The maximum Gasteiger partial charge on any atom is 0.262 e. The van der Waals surface area contributed by atoms with Crippen LogP contribution in [0.5, 0.6) is 5.75 Å². The molecule has 0 aliphatic rings. The first-order chi connectivity index (χ1) is 12.0. The van der Waals surface area contributed by atoms with E-state index in [1.54, 1.807) is 47.6 Å². The van der Waals surface area contributed by atoms with Crippen molar-refractivity contribution in [1.82, 2.24) is 9.88 Å². The van der Waals surface area contributed by atoms with Crippen LogP contribution in [0, 0.1) is 0 Å². The molecular weight excluding hydrogens is 388 g/mol. The van der Waals surface area contributed by atoms with Gasteiger partial charge in [0.05, 0.1) is 22.8 Å². The van der Waals surface area contributed by atoms with Gasteiger partial charge in [0.2, 0.25) is 0 Å². The van der Waals surface area contributed by atoms with E-state index < -0.39 is 0 Å². The highest BCUT2D eigenvalue weighted by molar-refractivity contribution is 9.10. The molecule has 0 unspecified atom stereocenters. The number of aromatic hydroxyl groups is 1. The van der Waals surface area contributed by atoms with Crippen LogP contribution in [-0.2, 0) is 13.1 Å². The SMILES string of the molecule is O=C(c1c[nH]c(=O)c(Br)c1)N(Cc1ccc(O)cc1)Cc1ccco1. The number of halogens is 1. The summed E-state index contributed by atoms with van der Waals surface area (Å²) >= 11 is 3.14. The number of furan rings is 1. The fourth-order valence-corrected chi connectivity index (χ4v) is 2.74. The summed E-state index contributed by atoms with van der Waals surface area (Å²) in [7, 11) is 0. The zero-order valence-corrected chi connectivity index (χ0v) is 14.7. The van der Waals surface area contributed by atoms with Gasteiger partial charge >= 0.3 is 0 Å². The standard InChI is InChI=1S/C18H15BrN2O4/c19-16-8-13(9-20-17(16)23)18(24)21(11-15-2-1-7-25-15)10-12-3-5-14(22)6-4-12/h1-9,22H,10-11H2,(H,20,23). The molecule has 128 valence electrons. The molecule has 2 N–H and O–H groups in total. The number of pyridine rings is 1. The fourth-order valence-electron chi connectivity index (χ4n) is 2.37.